The molecule has 1 fully saturated rings. The number of hydrogen-bond donors (Lipinski definition) is 1. The number of nitrogens with zero attached hydrogens (tertiary/aromatic N) is 1. The van der Waals surface area contributed by atoms with Gasteiger partial charge in [-0.2, -0.15) is 0 Å². The van der Waals surface area contributed by atoms with Crippen molar-refractivity contribution in [1.29, 1.82) is 0 Å². The first-order valence-electron chi connectivity index (χ1n) is 9.38. The molecule has 130 valence electrons. The van der Waals surface area contributed by atoms with E-state index in [1.54, 1.807) is 4.90 Å². The Morgan fingerprint density at radius 2 is 1.88 bits per heavy atom. The van der Waals surface area contributed by atoms with Crippen LogP contribution < -0.4 is 5.32 Å². The zero-order valence-electron chi connectivity index (χ0n) is 14.6. The minimum absolute atomic E-state index is 0.00384. The van der Waals surface area contributed by atoms with Crippen molar-refractivity contribution in [2.45, 2.75) is 70.4 Å². The molecule has 4 heteroatoms. The normalized spacial score (nSPS) is 22.0. The van der Waals surface area contributed by atoms with Gasteiger partial charge >= 0.3 is 0 Å². The van der Waals surface area contributed by atoms with E-state index in [0.717, 1.165) is 30.4 Å². The Morgan fingerprint density at radius 1 is 1.17 bits per heavy atom. The third-order valence-electron chi connectivity index (χ3n) is 5.24. The summed E-state index contributed by atoms with van der Waals surface area (Å²) in [6, 6.07) is 7.68. The summed E-state index contributed by atoms with van der Waals surface area (Å²) < 4.78 is 0. The first-order chi connectivity index (χ1) is 11.7. The number of hydrogen-bond acceptors (Lipinski definition) is 2. The SMILES string of the molecule is CCCN1C(=O)Cc2ccccc2[C@@H]1C(=O)NC1CCCCCC1. The van der Waals surface area contributed by atoms with Crippen molar-refractivity contribution in [1.82, 2.24) is 10.2 Å². The smallest absolute Gasteiger partial charge is 0.247 e. The summed E-state index contributed by atoms with van der Waals surface area (Å²) in [5.41, 5.74) is 1.99. The van der Waals surface area contributed by atoms with E-state index in [1.807, 2.05) is 31.2 Å². The standard InChI is InChI=1S/C20H28N2O2/c1-2-13-22-18(23)14-15-9-7-8-12-17(15)19(22)20(24)21-16-10-5-3-4-6-11-16/h7-9,12,16,19H,2-6,10-11,13-14H2,1H3,(H,21,24)/t19-/m1/s1. The van der Waals surface area contributed by atoms with Crippen LogP contribution in [0.1, 0.15) is 69.0 Å². The van der Waals surface area contributed by atoms with Crippen LogP contribution in [0.15, 0.2) is 24.3 Å². The third kappa shape index (κ3) is 3.63. The van der Waals surface area contributed by atoms with Gasteiger partial charge in [0, 0.05) is 12.6 Å². The number of fused-ring (bicyclic) bond motifs is 1. The van der Waals surface area contributed by atoms with Crippen LogP contribution in [0.3, 0.4) is 0 Å². The van der Waals surface area contributed by atoms with E-state index < -0.39 is 6.04 Å². The molecule has 4 nitrogen and oxygen atoms in total. The lowest BCUT2D eigenvalue weighted by molar-refractivity contribution is -0.142. The molecule has 1 aromatic rings. The average molecular weight is 328 g/mol. The molecule has 0 spiro atoms. The van der Waals surface area contributed by atoms with Crippen LogP contribution in [0.2, 0.25) is 0 Å². The lowest BCUT2D eigenvalue weighted by Gasteiger charge is -2.37. The van der Waals surface area contributed by atoms with Crippen LogP contribution in [0.4, 0.5) is 0 Å². The molecule has 1 aliphatic carbocycles. The van der Waals surface area contributed by atoms with E-state index in [2.05, 4.69) is 5.32 Å². The van der Waals surface area contributed by atoms with Crippen molar-refractivity contribution in [2.24, 2.45) is 0 Å². The van der Waals surface area contributed by atoms with Crippen LogP contribution >= 0.6 is 0 Å². The molecule has 3 rings (SSSR count). The van der Waals surface area contributed by atoms with Crippen LogP contribution in [0.5, 0.6) is 0 Å². The molecular formula is C20H28N2O2. The van der Waals surface area contributed by atoms with Gasteiger partial charge in [0.2, 0.25) is 11.8 Å². The highest BCUT2D eigenvalue weighted by Gasteiger charge is 2.37. The Labute approximate surface area is 144 Å². The van der Waals surface area contributed by atoms with Crippen LogP contribution in [0.25, 0.3) is 0 Å². The second-order valence-corrected chi connectivity index (χ2v) is 7.06. The predicted octanol–water partition coefficient (Wildman–Crippen LogP) is 3.36. The zero-order valence-corrected chi connectivity index (χ0v) is 14.6. The van der Waals surface area contributed by atoms with E-state index in [1.165, 1.54) is 25.7 Å². The molecule has 1 aliphatic heterocycles. The van der Waals surface area contributed by atoms with Gasteiger partial charge in [0.25, 0.3) is 0 Å². The first-order valence-corrected chi connectivity index (χ1v) is 9.38. The van der Waals surface area contributed by atoms with Gasteiger partial charge in [-0.3, -0.25) is 9.59 Å². The number of nitrogens with one attached hydrogen (secondary N) is 1. The lowest BCUT2D eigenvalue weighted by atomic mass is 9.91. The molecule has 0 saturated heterocycles. The predicted molar refractivity (Wildman–Crippen MR) is 94.5 cm³/mol. The van der Waals surface area contributed by atoms with E-state index in [9.17, 15) is 9.59 Å². The molecule has 0 unspecified atom stereocenters. The minimum atomic E-state index is -0.467. The largest absolute Gasteiger partial charge is 0.351 e. The summed E-state index contributed by atoms with van der Waals surface area (Å²) >= 11 is 0. The number of benzene rings is 1. The summed E-state index contributed by atoms with van der Waals surface area (Å²) in [6.07, 6.45) is 8.28. The van der Waals surface area contributed by atoms with E-state index >= 15 is 0 Å². The fourth-order valence-electron chi connectivity index (χ4n) is 4.02. The van der Waals surface area contributed by atoms with Crippen LogP contribution in [-0.4, -0.2) is 29.3 Å². The van der Waals surface area contributed by atoms with E-state index in [0.29, 0.717) is 13.0 Å². The number of carbonyl (C=O) groups excluding carboxylic acids is 2. The Bertz CT molecular complexity index is 591. The lowest BCUT2D eigenvalue weighted by Crippen LogP contribution is -2.49. The van der Waals surface area contributed by atoms with Gasteiger partial charge in [-0.05, 0) is 30.4 Å². The zero-order chi connectivity index (χ0) is 16.9. The third-order valence-corrected chi connectivity index (χ3v) is 5.24. The molecule has 2 aliphatic rings. The van der Waals surface area contributed by atoms with Crippen LogP contribution in [-0.2, 0) is 16.0 Å². The molecular weight excluding hydrogens is 300 g/mol. The highest BCUT2D eigenvalue weighted by molar-refractivity contribution is 5.92. The van der Waals surface area contributed by atoms with Gasteiger partial charge in [-0.25, -0.2) is 0 Å². The second-order valence-electron chi connectivity index (χ2n) is 7.06. The van der Waals surface area contributed by atoms with Crippen molar-refractivity contribution in [3.63, 3.8) is 0 Å². The highest BCUT2D eigenvalue weighted by atomic mass is 16.2. The van der Waals surface area contributed by atoms with Gasteiger partial charge in [0.1, 0.15) is 6.04 Å². The average Bonchev–Trinajstić information content (AvgIpc) is 2.84. The van der Waals surface area contributed by atoms with Crippen molar-refractivity contribution >= 4 is 11.8 Å². The molecule has 1 aromatic carbocycles. The fraction of sp³-hybridized carbons (Fsp3) is 0.600. The Hall–Kier alpha value is -1.84. The summed E-state index contributed by atoms with van der Waals surface area (Å²) in [5, 5.41) is 3.25. The van der Waals surface area contributed by atoms with Gasteiger partial charge in [-0.1, -0.05) is 56.9 Å². The van der Waals surface area contributed by atoms with Gasteiger partial charge in [0.15, 0.2) is 0 Å². The maximum absolute atomic E-state index is 13.1. The topological polar surface area (TPSA) is 49.4 Å². The molecule has 1 saturated carbocycles. The molecule has 0 radical (unpaired) electrons. The highest BCUT2D eigenvalue weighted by Crippen LogP contribution is 2.31. The van der Waals surface area contributed by atoms with Crippen molar-refractivity contribution < 1.29 is 9.59 Å². The summed E-state index contributed by atoms with van der Waals surface area (Å²) in [7, 11) is 0. The molecule has 1 atom stereocenters. The first kappa shape index (κ1) is 17.0. The Morgan fingerprint density at radius 3 is 2.58 bits per heavy atom. The van der Waals surface area contributed by atoms with Gasteiger partial charge < -0.3 is 10.2 Å². The molecule has 0 bridgehead atoms. The summed E-state index contributed by atoms with van der Waals surface area (Å²) in [5.74, 6) is 0.0624. The molecule has 24 heavy (non-hydrogen) atoms. The second kappa shape index (κ2) is 7.82. The number of amides is 2. The summed E-state index contributed by atoms with van der Waals surface area (Å²) in [6.45, 7) is 2.68. The van der Waals surface area contributed by atoms with Gasteiger partial charge in [-0.15, -0.1) is 0 Å². The molecule has 1 heterocycles. The van der Waals surface area contributed by atoms with E-state index in [4.69, 9.17) is 0 Å². The van der Waals surface area contributed by atoms with Crippen molar-refractivity contribution in [2.75, 3.05) is 6.54 Å². The maximum Gasteiger partial charge on any atom is 0.247 e. The summed E-state index contributed by atoms with van der Waals surface area (Å²) in [4.78, 5) is 27.4. The van der Waals surface area contributed by atoms with Gasteiger partial charge in [0.05, 0.1) is 6.42 Å². The monoisotopic (exact) mass is 328 g/mol. The molecule has 0 aromatic heterocycles. The molecule has 1 N–H and O–H groups in total. The van der Waals surface area contributed by atoms with Crippen LogP contribution in [0, 0.1) is 0 Å². The fourth-order valence-corrected chi connectivity index (χ4v) is 4.02. The van der Waals surface area contributed by atoms with Crippen molar-refractivity contribution in [3.8, 4) is 0 Å². The maximum atomic E-state index is 13.1. The van der Waals surface area contributed by atoms with E-state index in [-0.39, 0.29) is 17.9 Å². The Kier molecular flexibility index (Phi) is 5.54. The molecule has 2 amide bonds. The van der Waals surface area contributed by atoms with Crippen molar-refractivity contribution in [3.05, 3.63) is 35.4 Å². The quantitative estimate of drug-likeness (QED) is 0.862. The number of carbonyl (C=O) groups is 2. The number of rotatable bonds is 4. The Balaban J connectivity index is 1.83. The minimum Gasteiger partial charge on any atom is -0.351 e.